The fourth-order valence-electron chi connectivity index (χ4n) is 3.06. The molecule has 80 valence electrons. The second kappa shape index (κ2) is 3.40. The van der Waals surface area contributed by atoms with E-state index in [9.17, 15) is 0 Å². The molecule has 2 atom stereocenters. The van der Waals surface area contributed by atoms with Crippen LogP contribution in [-0.2, 0) is 0 Å². The topological polar surface area (TPSA) is 42.1 Å². The molecule has 0 aromatic carbocycles. The van der Waals surface area contributed by atoms with Gasteiger partial charge in [0.2, 0.25) is 0 Å². The molecule has 1 saturated carbocycles. The number of anilines is 2. The number of aromatic nitrogens is 1. The number of rotatable bonds is 1. The summed E-state index contributed by atoms with van der Waals surface area (Å²) in [5.74, 6) is 1.85. The van der Waals surface area contributed by atoms with Gasteiger partial charge in [-0.1, -0.05) is 6.42 Å². The SMILES string of the molecule is Nc1cncc(N2CC3CCCC3C2)c1. The predicted octanol–water partition coefficient (Wildman–Crippen LogP) is 1.90. The van der Waals surface area contributed by atoms with Crippen molar-refractivity contribution < 1.29 is 0 Å². The Balaban J connectivity index is 1.79. The van der Waals surface area contributed by atoms with Crippen molar-refractivity contribution in [2.24, 2.45) is 11.8 Å². The molecule has 0 radical (unpaired) electrons. The third-order valence-electron chi connectivity index (χ3n) is 3.84. The molecule has 3 rings (SSSR count). The van der Waals surface area contributed by atoms with Crippen LogP contribution in [0.5, 0.6) is 0 Å². The summed E-state index contributed by atoms with van der Waals surface area (Å²) in [6.45, 7) is 2.41. The Bertz CT molecular complexity index is 352. The molecule has 1 aromatic heterocycles. The molecule has 15 heavy (non-hydrogen) atoms. The van der Waals surface area contributed by atoms with Crippen molar-refractivity contribution in [1.82, 2.24) is 4.98 Å². The molecule has 3 nitrogen and oxygen atoms in total. The van der Waals surface area contributed by atoms with Gasteiger partial charge in [-0.2, -0.15) is 0 Å². The van der Waals surface area contributed by atoms with Crippen LogP contribution in [0.15, 0.2) is 18.5 Å². The van der Waals surface area contributed by atoms with Crippen molar-refractivity contribution in [3.63, 3.8) is 0 Å². The summed E-state index contributed by atoms with van der Waals surface area (Å²) >= 11 is 0. The Hall–Kier alpha value is -1.25. The third kappa shape index (κ3) is 1.56. The molecule has 1 aliphatic heterocycles. The Labute approximate surface area is 90.3 Å². The first-order chi connectivity index (χ1) is 7.33. The summed E-state index contributed by atoms with van der Waals surface area (Å²) in [6, 6.07) is 2.04. The first-order valence-electron chi connectivity index (χ1n) is 5.78. The van der Waals surface area contributed by atoms with Crippen LogP contribution in [0.2, 0.25) is 0 Å². The second-order valence-corrected chi connectivity index (χ2v) is 4.83. The maximum atomic E-state index is 5.75. The molecule has 0 amide bonds. The molecule has 1 saturated heterocycles. The van der Waals surface area contributed by atoms with Crippen molar-refractivity contribution in [3.05, 3.63) is 18.5 Å². The lowest BCUT2D eigenvalue weighted by Gasteiger charge is -2.19. The van der Waals surface area contributed by atoms with Crippen molar-refractivity contribution >= 4 is 11.4 Å². The van der Waals surface area contributed by atoms with Gasteiger partial charge in [-0.15, -0.1) is 0 Å². The van der Waals surface area contributed by atoms with Crippen LogP contribution in [0.1, 0.15) is 19.3 Å². The van der Waals surface area contributed by atoms with E-state index in [0.717, 1.165) is 17.5 Å². The fourth-order valence-corrected chi connectivity index (χ4v) is 3.06. The van der Waals surface area contributed by atoms with E-state index in [1.165, 1.54) is 38.0 Å². The molecular weight excluding hydrogens is 186 g/mol. The van der Waals surface area contributed by atoms with Gasteiger partial charge < -0.3 is 10.6 Å². The lowest BCUT2D eigenvalue weighted by Crippen LogP contribution is -2.20. The van der Waals surface area contributed by atoms with Crippen LogP contribution in [0.3, 0.4) is 0 Å². The minimum absolute atomic E-state index is 0.768. The molecule has 3 heteroatoms. The van der Waals surface area contributed by atoms with Crippen LogP contribution in [0.4, 0.5) is 11.4 Å². The van der Waals surface area contributed by atoms with E-state index in [-0.39, 0.29) is 0 Å². The first kappa shape index (κ1) is 9.01. The first-order valence-corrected chi connectivity index (χ1v) is 5.78. The van der Waals surface area contributed by atoms with Crippen LogP contribution < -0.4 is 10.6 Å². The standard InChI is InChI=1S/C12H17N3/c13-11-4-12(6-14-5-11)15-7-9-2-1-3-10(9)8-15/h4-6,9-10H,1-3,7-8,13H2. The largest absolute Gasteiger partial charge is 0.397 e. The minimum atomic E-state index is 0.768. The molecule has 0 spiro atoms. The summed E-state index contributed by atoms with van der Waals surface area (Å²) in [6.07, 6.45) is 7.89. The lowest BCUT2D eigenvalue weighted by atomic mass is 10.0. The van der Waals surface area contributed by atoms with Crippen LogP contribution in [-0.4, -0.2) is 18.1 Å². The van der Waals surface area contributed by atoms with Gasteiger partial charge in [0.1, 0.15) is 0 Å². The van der Waals surface area contributed by atoms with Gasteiger partial charge in [0.15, 0.2) is 0 Å². The van der Waals surface area contributed by atoms with Crippen molar-refractivity contribution in [3.8, 4) is 0 Å². The summed E-state index contributed by atoms with van der Waals surface area (Å²) in [5, 5.41) is 0. The van der Waals surface area contributed by atoms with E-state index in [0.29, 0.717) is 0 Å². The smallest absolute Gasteiger partial charge is 0.0573 e. The number of nitrogens with two attached hydrogens (primary N) is 1. The summed E-state index contributed by atoms with van der Waals surface area (Å²) in [4.78, 5) is 6.60. The zero-order valence-electron chi connectivity index (χ0n) is 8.89. The molecule has 2 N–H and O–H groups in total. The van der Waals surface area contributed by atoms with Crippen molar-refractivity contribution in [1.29, 1.82) is 0 Å². The maximum absolute atomic E-state index is 5.75. The van der Waals surface area contributed by atoms with Crippen LogP contribution >= 0.6 is 0 Å². The predicted molar refractivity (Wildman–Crippen MR) is 61.7 cm³/mol. The molecule has 2 unspecified atom stereocenters. The molecule has 1 aromatic rings. The molecule has 2 heterocycles. The highest BCUT2D eigenvalue weighted by Crippen LogP contribution is 2.39. The Morgan fingerprint density at radius 3 is 2.60 bits per heavy atom. The average Bonchev–Trinajstić information content (AvgIpc) is 2.76. The number of nitrogens with zero attached hydrogens (tertiary/aromatic N) is 2. The molecule has 1 aliphatic carbocycles. The second-order valence-electron chi connectivity index (χ2n) is 4.83. The van der Waals surface area contributed by atoms with Gasteiger partial charge in [-0.05, 0) is 30.7 Å². The van der Waals surface area contributed by atoms with E-state index >= 15 is 0 Å². The van der Waals surface area contributed by atoms with E-state index in [1.807, 2.05) is 12.3 Å². The highest BCUT2D eigenvalue weighted by Gasteiger charge is 2.36. The van der Waals surface area contributed by atoms with Crippen molar-refractivity contribution in [2.75, 3.05) is 23.7 Å². The zero-order chi connectivity index (χ0) is 10.3. The number of nitrogen functional groups attached to an aromatic ring is 1. The highest BCUT2D eigenvalue weighted by molar-refractivity contribution is 5.54. The monoisotopic (exact) mass is 203 g/mol. The average molecular weight is 203 g/mol. The molecule has 2 fully saturated rings. The molecular formula is C12H17N3. The lowest BCUT2D eigenvalue weighted by molar-refractivity contribution is 0.494. The van der Waals surface area contributed by atoms with Gasteiger partial charge in [0.25, 0.3) is 0 Å². The normalized spacial score (nSPS) is 29.5. The summed E-state index contributed by atoms with van der Waals surface area (Å²) < 4.78 is 0. The zero-order valence-corrected chi connectivity index (χ0v) is 8.89. The number of hydrogen-bond acceptors (Lipinski definition) is 3. The van der Waals surface area contributed by atoms with Crippen LogP contribution in [0, 0.1) is 11.8 Å². The van der Waals surface area contributed by atoms with Crippen LogP contribution in [0.25, 0.3) is 0 Å². The number of pyridine rings is 1. The van der Waals surface area contributed by atoms with Gasteiger partial charge in [0.05, 0.1) is 17.6 Å². The van der Waals surface area contributed by atoms with Gasteiger partial charge in [-0.25, -0.2) is 0 Å². The highest BCUT2D eigenvalue weighted by atomic mass is 15.2. The minimum Gasteiger partial charge on any atom is -0.397 e. The Morgan fingerprint density at radius 1 is 1.20 bits per heavy atom. The summed E-state index contributed by atoms with van der Waals surface area (Å²) in [7, 11) is 0. The molecule has 2 aliphatic rings. The Morgan fingerprint density at radius 2 is 1.93 bits per heavy atom. The Kier molecular flexibility index (Phi) is 2.04. The van der Waals surface area contributed by atoms with Gasteiger partial charge >= 0.3 is 0 Å². The molecule has 0 bridgehead atoms. The van der Waals surface area contributed by atoms with E-state index in [1.54, 1.807) is 6.20 Å². The van der Waals surface area contributed by atoms with E-state index in [4.69, 9.17) is 5.73 Å². The van der Waals surface area contributed by atoms with E-state index < -0.39 is 0 Å². The number of fused-ring (bicyclic) bond motifs is 1. The third-order valence-corrected chi connectivity index (χ3v) is 3.84. The maximum Gasteiger partial charge on any atom is 0.0573 e. The number of hydrogen-bond donors (Lipinski definition) is 1. The summed E-state index contributed by atoms with van der Waals surface area (Å²) in [5.41, 5.74) is 7.72. The quantitative estimate of drug-likeness (QED) is 0.758. The van der Waals surface area contributed by atoms with Crippen molar-refractivity contribution in [2.45, 2.75) is 19.3 Å². The van der Waals surface area contributed by atoms with Gasteiger partial charge in [0, 0.05) is 19.3 Å². The van der Waals surface area contributed by atoms with E-state index in [2.05, 4.69) is 9.88 Å². The fraction of sp³-hybridized carbons (Fsp3) is 0.583. The van der Waals surface area contributed by atoms with Gasteiger partial charge in [-0.3, -0.25) is 4.98 Å².